The number of ketones is 1. The summed E-state index contributed by atoms with van der Waals surface area (Å²) in [5.74, 6) is -0.0334. The first-order valence-electron chi connectivity index (χ1n) is 4.53. The topological polar surface area (TPSA) is 52.3 Å². The Kier molecular flexibility index (Phi) is 3.80. The molecule has 0 bridgehead atoms. The van der Waals surface area contributed by atoms with E-state index < -0.39 is 6.04 Å². The predicted octanol–water partition coefficient (Wildman–Crippen LogP) is 1.36. The summed E-state index contributed by atoms with van der Waals surface area (Å²) in [4.78, 5) is 11.5. The fourth-order valence-electron chi connectivity index (χ4n) is 1.19. The number of hydrogen-bond donors (Lipinski definition) is 1. The van der Waals surface area contributed by atoms with Gasteiger partial charge in [-0.2, -0.15) is 0 Å². The van der Waals surface area contributed by atoms with Crippen molar-refractivity contribution < 1.29 is 9.53 Å². The van der Waals surface area contributed by atoms with Gasteiger partial charge < -0.3 is 10.5 Å². The number of nitrogens with two attached hydrogens (primary N) is 1. The third-order valence-electron chi connectivity index (χ3n) is 1.96. The third-order valence-corrected chi connectivity index (χ3v) is 1.96. The molecule has 0 saturated carbocycles. The molecular formula is C11H15NO2. The van der Waals surface area contributed by atoms with Gasteiger partial charge in [0.15, 0.2) is 5.78 Å². The number of carbonyl (C=O) groups is 1. The molecule has 0 heterocycles. The number of Topliss-reactive ketones (excluding diaryl/α,β-unsaturated/α-hetero) is 1. The molecule has 0 aliphatic carbocycles. The Morgan fingerprint density at radius 1 is 1.43 bits per heavy atom. The summed E-state index contributed by atoms with van der Waals surface area (Å²) in [6.07, 6.45) is 0. The molecule has 2 N–H and O–H groups in total. The molecule has 1 aromatic carbocycles. The van der Waals surface area contributed by atoms with E-state index in [1.54, 1.807) is 26.2 Å². The number of ether oxygens (including phenoxy) is 1. The van der Waals surface area contributed by atoms with Crippen molar-refractivity contribution in [2.75, 3.05) is 7.11 Å². The number of hydrogen-bond acceptors (Lipinski definition) is 3. The monoisotopic (exact) mass is 193 g/mol. The van der Waals surface area contributed by atoms with Crippen molar-refractivity contribution in [3.8, 4) is 0 Å². The fraction of sp³-hybridized carbons (Fsp3) is 0.364. The van der Waals surface area contributed by atoms with Gasteiger partial charge in [0.05, 0.1) is 12.6 Å². The van der Waals surface area contributed by atoms with Crippen LogP contribution in [0, 0.1) is 0 Å². The minimum absolute atomic E-state index is 0.0334. The van der Waals surface area contributed by atoms with E-state index >= 15 is 0 Å². The second kappa shape index (κ2) is 4.88. The van der Waals surface area contributed by atoms with Gasteiger partial charge in [0.2, 0.25) is 0 Å². The van der Waals surface area contributed by atoms with E-state index in [1.165, 1.54) is 0 Å². The van der Waals surface area contributed by atoms with E-state index in [4.69, 9.17) is 10.5 Å². The van der Waals surface area contributed by atoms with Crippen LogP contribution < -0.4 is 5.73 Å². The molecule has 0 amide bonds. The molecule has 1 atom stereocenters. The SMILES string of the molecule is COCc1ccc(C(=O)[C@H](C)N)cc1. The maximum absolute atomic E-state index is 11.5. The Morgan fingerprint density at radius 3 is 2.43 bits per heavy atom. The minimum Gasteiger partial charge on any atom is -0.380 e. The molecule has 0 spiro atoms. The van der Waals surface area contributed by atoms with Crippen molar-refractivity contribution in [3.63, 3.8) is 0 Å². The number of rotatable bonds is 4. The molecule has 0 radical (unpaired) electrons. The average molecular weight is 193 g/mol. The Labute approximate surface area is 83.9 Å². The maximum Gasteiger partial charge on any atom is 0.179 e. The standard InChI is InChI=1S/C11H15NO2/c1-8(12)11(13)10-5-3-9(4-6-10)7-14-2/h3-6,8H,7,12H2,1-2H3/t8-/m0/s1. The molecule has 0 aromatic heterocycles. The van der Waals surface area contributed by atoms with Crippen LogP contribution in [0.4, 0.5) is 0 Å². The summed E-state index contributed by atoms with van der Waals surface area (Å²) in [6.45, 7) is 2.25. The predicted molar refractivity (Wildman–Crippen MR) is 55.1 cm³/mol. The van der Waals surface area contributed by atoms with Crippen LogP contribution in [0.25, 0.3) is 0 Å². The highest BCUT2D eigenvalue weighted by Gasteiger charge is 2.09. The quantitative estimate of drug-likeness (QED) is 0.734. The molecule has 1 rings (SSSR count). The normalized spacial score (nSPS) is 12.5. The second-order valence-corrected chi connectivity index (χ2v) is 3.28. The largest absolute Gasteiger partial charge is 0.380 e. The number of benzene rings is 1. The van der Waals surface area contributed by atoms with E-state index in [0.29, 0.717) is 12.2 Å². The summed E-state index contributed by atoms with van der Waals surface area (Å²) >= 11 is 0. The van der Waals surface area contributed by atoms with Crippen LogP contribution in [-0.2, 0) is 11.3 Å². The van der Waals surface area contributed by atoms with Gasteiger partial charge in [-0.05, 0) is 12.5 Å². The molecule has 76 valence electrons. The van der Waals surface area contributed by atoms with Crippen molar-refractivity contribution in [1.82, 2.24) is 0 Å². The highest BCUT2D eigenvalue weighted by molar-refractivity contribution is 5.99. The minimum atomic E-state index is -0.441. The van der Waals surface area contributed by atoms with Crippen LogP contribution in [0.2, 0.25) is 0 Å². The fourth-order valence-corrected chi connectivity index (χ4v) is 1.19. The van der Waals surface area contributed by atoms with Crippen LogP contribution in [-0.4, -0.2) is 18.9 Å². The van der Waals surface area contributed by atoms with Gasteiger partial charge in [0, 0.05) is 12.7 Å². The van der Waals surface area contributed by atoms with E-state index in [-0.39, 0.29) is 5.78 Å². The Hall–Kier alpha value is -1.19. The molecule has 14 heavy (non-hydrogen) atoms. The van der Waals surface area contributed by atoms with Gasteiger partial charge in [0.1, 0.15) is 0 Å². The number of carbonyl (C=O) groups excluding carboxylic acids is 1. The molecule has 3 heteroatoms. The summed E-state index contributed by atoms with van der Waals surface area (Å²) in [5, 5.41) is 0. The van der Waals surface area contributed by atoms with Gasteiger partial charge in [-0.15, -0.1) is 0 Å². The molecule has 3 nitrogen and oxygen atoms in total. The third kappa shape index (κ3) is 2.65. The van der Waals surface area contributed by atoms with Crippen LogP contribution in [0.1, 0.15) is 22.8 Å². The highest BCUT2D eigenvalue weighted by atomic mass is 16.5. The van der Waals surface area contributed by atoms with Crippen molar-refractivity contribution in [2.45, 2.75) is 19.6 Å². The Bertz CT molecular complexity index is 304. The van der Waals surface area contributed by atoms with Crippen LogP contribution >= 0.6 is 0 Å². The zero-order chi connectivity index (χ0) is 10.6. The average Bonchev–Trinajstić information content (AvgIpc) is 2.18. The summed E-state index contributed by atoms with van der Waals surface area (Å²) in [6, 6.07) is 6.86. The van der Waals surface area contributed by atoms with Crippen molar-refractivity contribution in [1.29, 1.82) is 0 Å². The maximum atomic E-state index is 11.5. The van der Waals surface area contributed by atoms with Crippen molar-refractivity contribution in [3.05, 3.63) is 35.4 Å². The van der Waals surface area contributed by atoms with Crippen molar-refractivity contribution in [2.24, 2.45) is 5.73 Å². The van der Waals surface area contributed by atoms with E-state index in [9.17, 15) is 4.79 Å². The van der Waals surface area contributed by atoms with Crippen molar-refractivity contribution >= 4 is 5.78 Å². The summed E-state index contributed by atoms with van der Waals surface area (Å²) < 4.78 is 4.97. The first-order valence-corrected chi connectivity index (χ1v) is 4.53. The molecular weight excluding hydrogens is 178 g/mol. The molecule has 1 aromatic rings. The lowest BCUT2D eigenvalue weighted by atomic mass is 10.0. The lowest BCUT2D eigenvalue weighted by molar-refractivity contribution is 0.0968. The molecule has 0 aliphatic rings. The van der Waals surface area contributed by atoms with Gasteiger partial charge in [-0.3, -0.25) is 4.79 Å². The summed E-state index contributed by atoms with van der Waals surface area (Å²) in [7, 11) is 1.64. The first-order chi connectivity index (χ1) is 6.65. The van der Waals surface area contributed by atoms with E-state index in [1.807, 2.05) is 12.1 Å². The van der Waals surface area contributed by atoms with E-state index in [2.05, 4.69) is 0 Å². The van der Waals surface area contributed by atoms with Gasteiger partial charge in [-0.1, -0.05) is 24.3 Å². The zero-order valence-corrected chi connectivity index (χ0v) is 8.49. The molecule has 0 aliphatic heterocycles. The van der Waals surface area contributed by atoms with Gasteiger partial charge in [0.25, 0.3) is 0 Å². The number of methoxy groups -OCH3 is 1. The van der Waals surface area contributed by atoms with Crippen LogP contribution in [0.15, 0.2) is 24.3 Å². The van der Waals surface area contributed by atoms with Gasteiger partial charge in [-0.25, -0.2) is 0 Å². The molecule has 0 fully saturated rings. The Morgan fingerprint density at radius 2 is 2.00 bits per heavy atom. The molecule has 0 saturated heterocycles. The van der Waals surface area contributed by atoms with E-state index in [0.717, 1.165) is 5.56 Å². The lowest BCUT2D eigenvalue weighted by Crippen LogP contribution is -2.26. The smallest absolute Gasteiger partial charge is 0.179 e. The first kappa shape index (κ1) is 10.9. The zero-order valence-electron chi connectivity index (χ0n) is 8.49. The van der Waals surface area contributed by atoms with Crippen LogP contribution in [0.5, 0.6) is 0 Å². The highest BCUT2D eigenvalue weighted by Crippen LogP contribution is 2.07. The van der Waals surface area contributed by atoms with Gasteiger partial charge >= 0.3 is 0 Å². The summed E-state index contributed by atoms with van der Waals surface area (Å²) in [5.41, 5.74) is 7.19. The van der Waals surface area contributed by atoms with Crippen LogP contribution in [0.3, 0.4) is 0 Å². The lowest BCUT2D eigenvalue weighted by Gasteiger charge is -2.05. The molecule has 0 unspecified atom stereocenters. The second-order valence-electron chi connectivity index (χ2n) is 3.28. The Balaban J connectivity index is 2.78.